The van der Waals surface area contributed by atoms with E-state index in [1.165, 1.54) is 27.7 Å². The minimum Gasteiger partial charge on any atom is -0.411 e. The summed E-state index contributed by atoms with van der Waals surface area (Å²) in [4.78, 5) is 0. The predicted molar refractivity (Wildman–Crippen MR) is 85.1 cm³/mol. The molecule has 3 aromatic rings. The number of nitrogens with zero attached hydrogens (tertiary/aromatic N) is 2. The van der Waals surface area contributed by atoms with Crippen molar-refractivity contribution in [3.63, 3.8) is 0 Å². The van der Waals surface area contributed by atoms with E-state index in [1.807, 2.05) is 6.07 Å². The van der Waals surface area contributed by atoms with Gasteiger partial charge in [-0.2, -0.15) is 0 Å². The van der Waals surface area contributed by atoms with Crippen LogP contribution < -0.4 is 0 Å². The average molecular weight is 276 g/mol. The second kappa shape index (κ2) is 4.48. The Hall–Kier alpha value is -2.55. The maximum Gasteiger partial charge on any atom is 0.0906 e. The van der Waals surface area contributed by atoms with E-state index in [-0.39, 0.29) is 0 Å². The molecule has 1 aromatic heterocycles. The number of benzene rings is 2. The van der Waals surface area contributed by atoms with Crippen molar-refractivity contribution in [3.05, 3.63) is 59.7 Å². The molecule has 2 heterocycles. The lowest BCUT2D eigenvalue weighted by Crippen LogP contribution is -2.16. The molecule has 0 atom stereocenters. The lowest BCUT2D eigenvalue weighted by Gasteiger charge is -2.19. The predicted octanol–water partition coefficient (Wildman–Crippen LogP) is 4.20. The molecule has 3 nitrogen and oxygen atoms in total. The summed E-state index contributed by atoms with van der Waals surface area (Å²) in [6, 6.07) is 17.0. The molecule has 1 aliphatic heterocycles. The van der Waals surface area contributed by atoms with E-state index < -0.39 is 0 Å². The average Bonchev–Trinajstić information content (AvgIpc) is 2.88. The van der Waals surface area contributed by atoms with Gasteiger partial charge in [-0.25, -0.2) is 0 Å². The fourth-order valence-corrected chi connectivity index (χ4v) is 3.32. The summed E-state index contributed by atoms with van der Waals surface area (Å²) in [5, 5.41) is 14.0. The zero-order chi connectivity index (χ0) is 14.4. The van der Waals surface area contributed by atoms with Crippen LogP contribution in [0.4, 0.5) is 0 Å². The van der Waals surface area contributed by atoms with Gasteiger partial charge in [0.1, 0.15) is 0 Å². The molecule has 0 spiro atoms. The minimum absolute atomic E-state index is 0.760. The molecule has 0 unspecified atom stereocenters. The lowest BCUT2D eigenvalue weighted by molar-refractivity contribution is 0.317. The highest BCUT2D eigenvalue weighted by Gasteiger charge is 2.22. The highest BCUT2D eigenvalue weighted by molar-refractivity contribution is 6.12. The van der Waals surface area contributed by atoms with Gasteiger partial charge in [-0.05, 0) is 36.2 Å². The Kier molecular flexibility index (Phi) is 2.61. The fourth-order valence-electron chi connectivity index (χ4n) is 3.32. The molecule has 0 radical (unpaired) electrons. The van der Waals surface area contributed by atoms with Crippen LogP contribution in [-0.2, 0) is 6.54 Å². The molecule has 0 fully saturated rings. The van der Waals surface area contributed by atoms with Gasteiger partial charge in [0.2, 0.25) is 0 Å². The highest BCUT2D eigenvalue weighted by Crippen LogP contribution is 2.34. The third kappa shape index (κ3) is 1.77. The van der Waals surface area contributed by atoms with Gasteiger partial charge in [0.15, 0.2) is 0 Å². The van der Waals surface area contributed by atoms with Crippen molar-refractivity contribution in [2.75, 3.05) is 0 Å². The van der Waals surface area contributed by atoms with Crippen LogP contribution in [0.5, 0.6) is 0 Å². The zero-order valence-electron chi connectivity index (χ0n) is 11.9. The molecule has 2 aromatic carbocycles. The Morgan fingerprint density at radius 3 is 2.67 bits per heavy atom. The standard InChI is InChI=1S/C18H16N2O/c1-12-9-14-11-17(13-5-3-2-4-6-13)20-8-7-16(19-21)15(10-12)18(14)20/h2-6,9-11,21H,7-8H2,1H3/b19-16+. The summed E-state index contributed by atoms with van der Waals surface area (Å²) in [5.41, 5.74) is 6.67. The van der Waals surface area contributed by atoms with Gasteiger partial charge in [-0.15, -0.1) is 0 Å². The quantitative estimate of drug-likeness (QED) is 0.525. The summed E-state index contributed by atoms with van der Waals surface area (Å²) < 4.78 is 2.34. The van der Waals surface area contributed by atoms with Gasteiger partial charge in [0, 0.05) is 29.6 Å². The van der Waals surface area contributed by atoms with E-state index in [4.69, 9.17) is 0 Å². The molecule has 0 aliphatic carbocycles. The van der Waals surface area contributed by atoms with Crippen molar-refractivity contribution in [3.8, 4) is 11.3 Å². The van der Waals surface area contributed by atoms with Crippen LogP contribution in [-0.4, -0.2) is 15.5 Å². The van der Waals surface area contributed by atoms with Crippen LogP contribution in [0, 0.1) is 6.92 Å². The zero-order valence-corrected chi connectivity index (χ0v) is 11.9. The van der Waals surface area contributed by atoms with Crippen molar-refractivity contribution < 1.29 is 5.21 Å². The molecule has 0 saturated heterocycles. The number of aromatic nitrogens is 1. The Bertz CT molecular complexity index is 860. The first-order chi connectivity index (χ1) is 10.3. The molecule has 1 aliphatic rings. The van der Waals surface area contributed by atoms with Crippen LogP contribution in [0.15, 0.2) is 53.7 Å². The Morgan fingerprint density at radius 2 is 1.90 bits per heavy atom. The summed E-state index contributed by atoms with van der Waals surface area (Å²) in [6.45, 7) is 2.93. The molecule has 21 heavy (non-hydrogen) atoms. The topological polar surface area (TPSA) is 37.5 Å². The molecule has 0 saturated carbocycles. The van der Waals surface area contributed by atoms with Crippen molar-refractivity contribution in [2.45, 2.75) is 19.9 Å². The van der Waals surface area contributed by atoms with Gasteiger partial charge < -0.3 is 9.77 Å². The molecule has 3 heteroatoms. The summed E-state index contributed by atoms with van der Waals surface area (Å²) in [6.07, 6.45) is 0.760. The molecule has 0 amide bonds. The first-order valence-corrected chi connectivity index (χ1v) is 7.18. The number of oxime groups is 1. The second-order valence-corrected chi connectivity index (χ2v) is 5.59. The molecular formula is C18H16N2O. The van der Waals surface area contributed by atoms with Crippen molar-refractivity contribution in [1.29, 1.82) is 0 Å². The van der Waals surface area contributed by atoms with E-state index in [2.05, 4.69) is 59.1 Å². The van der Waals surface area contributed by atoms with E-state index in [0.29, 0.717) is 0 Å². The van der Waals surface area contributed by atoms with Gasteiger partial charge >= 0.3 is 0 Å². The van der Waals surface area contributed by atoms with Gasteiger partial charge in [0.25, 0.3) is 0 Å². The number of hydrogen-bond donors (Lipinski definition) is 1. The number of aryl methyl sites for hydroxylation is 2. The molecule has 0 bridgehead atoms. The lowest BCUT2D eigenvalue weighted by atomic mass is 9.99. The monoisotopic (exact) mass is 276 g/mol. The van der Waals surface area contributed by atoms with Crippen LogP contribution >= 0.6 is 0 Å². The van der Waals surface area contributed by atoms with Crippen molar-refractivity contribution in [1.82, 2.24) is 4.57 Å². The van der Waals surface area contributed by atoms with Gasteiger partial charge in [0.05, 0.1) is 11.2 Å². The van der Waals surface area contributed by atoms with Gasteiger partial charge in [-0.3, -0.25) is 0 Å². The van der Waals surface area contributed by atoms with Crippen LogP contribution in [0.25, 0.3) is 22.2 Å². The first-order valence-electron chi connectivity index (χ1n) is 7.18. The van der Waals surface area contributed by atoms with Crippen LogP contribution in [0.1, 0.15) is 17.5 Å². The fraction of sp³-hybridized carbons (Fsp3) is 0.167. The van der Waals surface area contributed by atoms with Gasteiger partial charge in [-0.1, -0.05) is 35.5 Å². The molecule has 4 rings (SSSR count). The molecular weight excluding hydrogens is 260 g/mol. The number of hydrogen-bond acceptors (Lipinski definition) is 2. The Balaban J connectivity index is 2.08. The van der Waals surface area contributed by atoms with E-state index >= 15 is 0 Å². The molecule has 104 valence electrons. The minimum atomic E-state index is 0.760. The summed E-state index contributed by atoms with van der Waals surface area (Å²) in [7, 11) is 0. The SMILES string of the molecule is Cc1cc2c3c(c1)cc(-c1ccccc1)n3CC/C2=N\O. The largest absolute Gasteiger partial charge is 0.411 e. The van der Waals surface area contributed by atoms with Crippen LogP contribution in [0.3, 0.4) is 0 Å². The second-order valence-electron chi connectivity index (χ2n) is 5.59. The maximum atomic E-state index is 9.26. The Labute approximate surface area is 123 Å². The van der Waals surface area contributed by atoms with Crippen molar-refractivity contribution >= 4 is 16.6 Å². The maximum absolute atomic E-state index is 9.26. The summed E-state index contributed by atoms with van der Waals surface area (Å²) in [5.74, 6) is 0. The third-order valence-corrected chi connectivity index (χ3v) is 4.21. The van der Waals surface area contributed by atoms with E-state index in [9.17, 15) is 5.21 Å². The normalized spacial score (nSPS) is 15.8. The van der Waals surface area contributed by atoms with E-state index in [1.54, 1.807) is 0 Å². The summed E-state index contributed by atoms with van der Waals surface area (Å²) >= 11 is 0. The first kappa shape index (κ1) is 12.2. The third-order valence-electron chi connectivity index (χ3n) is 4.21. The Morgan fingerprint density at radius 1 is 1.10 bits per heavy atom. The smallest absolute Gasteiger partial charge is 0.0906 e. The number of rotatable bonds is 1. The molecule has 1 N–H and O–H groups in total. The highest BCUT2D eigenvalue weighted by atomic mass is 16.4. The van der Waals surface area contributed by atoms with E-state index in [0.717, 1.165) is 24.2 Å². The van der Waals surface area contributed by atoms with Crippen LogP contribution in [0.2, 0.25) is 0 Å². The van der Waals surface area contributed by atoms with Crippen molar-refractivity contribution in [2.24, 2.45) is 5.16 Å².